The number of rotatable bonds is 1. The fourth-order valence-corrected chi connectivity index (χ4v) is 5.27. The Kier molecular flexibility index (Phi) is 4.63. The van der Waals surface area contributed by atoms with E-state index in [1.165, 1.54) is 0 Å². The van der Waals surface area contributed by atoms with Crippen LogP contribution < -0.4 is 4.90 Å². The Balaban J connectivity index is 1.54. The minimum absolute atomic E-state index is 0.0740. The number of anilines is 1. The molecular formula is C21H22BrClN4O3. The van der Waals surface area contributed by atoms with Gasteiger partial charge in [0.15, 0.2) is 0 Å². The molecule has 2 fully saturated rings. The lowest BCUT2D eigenvalue weighted by Crippen LogP contribution is -2.57. The Morgan fingerprint density at radius 2 is 1.97 bits per heavy atom. The molecule has 0 radical (unpaired) electrons. The molecule has 2 aromatic heterocycles. The summed E-state index contributed by atoms with van der Waals surface area (Å²) in [5.74, 6) is 0.748. The summed E-state index contributed by atoms with van der Waals surface area (Å²) in [4.78, 5) is 25.9. The molecular weight excluding hydrogens is 472 g/mol. The summed E-state index contributed by atoms with van der Waals surface area (Å²) in [6.07, 6.45) is 3.31. The quantitative estimate of drug-likeness (QED) is 0.424. The highest BCUT2D eigenvalue weighted by Crippen LogP contribution is 2.40. The average molecular weight is 494 g/mol. The molecule has 0 N–H and O–H groups in total. The van der Waals surface area contributed by atoms with Crippen LogP contribution in [0.15, 0.2) is 27.3 Å². The van der Waals surface area contributed by atoms with Crippen molar-refractivity contribution in [1.82, 2.24) is 14.9 Å². The molecule has 0 saturated carbocycles. The van der Waals surface area contributed by atoms with Crippen LogP contribution in [-0.2, 0) is 4.74 Å². The van der Waals surface area contributed by atoms with Crippen molar-refractivity contribution in [2.24, 2.45) is 0 Å². The van der Waals surface area contributed by atoms with Crippen molar-refractivity contribution in [3.05, 3.63) is 28.2 Å². The monoisotopic (exact) mass is 492 g/mol. The molecule has 3 aromatic rings. The lowest BCUT2D eigenvalue weighted by molar-refractivity contribution is 0.0123. The van der Waals surface area contributed by atoms with E-state index in [1.54, 1.807) is 6.26 Å². The number of furan rings is 1. The molecule has 0 aliphatic carbocycles. The van der Waals surface area contributed by atoms with Crippen LogP contribution in [0, 0.1) is 0 Å². The van der Waals surface area contributed by atoms with Gasteiger partial charge in [0.05, 0.1) is 29.2 Å². The van der Waals surface area contributed by atoms with Crippen LogP contribution in [0.3, 0.4) is 0 Å². The predicted octanol–water partition coefficient (Wildman–Crippen LogP) is 5.38. The minimum Gasteiger partial charge on any atom is -0.463 e. The molecule has 7 nitrogen and oxygen atoms in total. The van der Waals surface area contributed by atoms with Crippen LogP contribution in [0.2, 0.25) is 5.28 Å². The molecule has 2 aliphatic rings. The van der Waals surface area contributed by atoms with E-state index in [1.807, 2.05) is 37.8 Å². The van der Waals surface area contributed by atoms with Crippen molar-refractivity contribution in [2.45, 2.75) is 51.3 Å². The highest BCUT2D eigenvalue weighted by molar-refractivity contribution is 9.10. The van der Waals surface area contributed by atoms with Crippen molar-refractivity contribution < 1.29 is 13.9 Å². The second kappa shape index (κ2) is 6.99. The topological polar surface area (TPSA) is 71.7 Å². The summed E-state index contributed by atoms with van der Waals surface area (Å²) in [6.45, 7) is 7.01. The molecule has 2 saturated heterocycles. The summed E-state index contributed by atoms with van der Waals surface area (Å²) in [5.41, 5.74) is 0.941. The van der Waals surface area contributed by atoms with E-state index < -0.39 is 5.60 Å². The van der Waals surface area contributed by atoms with Crippen molar-refractivity contribution in [3.63, 3.8) is 0 Å². The average Bonchev–Trinajstić information content (AvgIpc) is 3.23. The fourth-order valence-electron chi connectivity index (χ4n) is 4.57. The first-order valence-corrected chi connectivity index (χ1v) is 11.2. The van der Waals surface area contributed by atoms with Crippen LogP contribution in [0.25, 0.3) is 21.9 Å². The minimum atomic E-state index is -0.512. The Hall–Kier alpha value is -2.06. The Bertz CT molecular complexity index is 1140. The third kappa shape index (κ3) is 3.30. The Labute approximate surface area is 187 Å². The molecule has 158 valence electrons. The number of amides is 1. The van der Waals surface area contributed by atoms with Gasteiger partial charge >= 0.3 is 6.09 Å². The van der Waals surface area contributed by atoms with Gasteiger partial charge < -0.3 is 14.1 Å². The third-order valence-corrected chi connectivity index (χ3v) is 6.51. The maximum absolute atomic E-state index is 12.8. The molecule has 0 spiro atoms. The van der Waals surface area contributed by atoms with Crippen molar-refractivity contribution in [1.29, 1.82) is 0 Å². The Morgan fingerprint density at radius 3 is 2.63 bits per heavy atom. The molecule has 5 rings (SSSR count). The number of hydrogen-bond donors (Lipinski definition) is 0. The zero-order valence-corrected chi connectivity index (χ0v) is 19.3. The van der Waals surface area contributed by atoms with Gasteiger partial charge in [0.1, 0.15) is 17.0 Å². The second-order valence-corrected chi connectivity index (χ2v) is 10.1. The summed E-state index contributed by atoms with van der Waals surface area (Å²) >= 11 is 9.87. The largest absolute Gasteiger partial charge is 0.463 e. The molecule has 2 unspecified atom stereocenters. The molecule has 4 heterocycles. The maximum atomic E-state index is 12.8. The normalized spacial score (nSPS) is 21.6. The van der Waals surface area contributed by atoms with Gasteiger partial charge in [-0.3, -0.25) is 4.90 Å². The molecule has 2 bridgehead atoms. The summed E-state index contributed by atoms with van der Waals surface area (Å²) in [6, 6.07) is 4.01. The summed E-state index contributed by atoms with van der Waals surface area (Å²) in [7, 11) is 0. The van der Waals surface area contributed by atoms with E-state index >= 15 is 0 Å². The van der Waals surface area contributed by atoms with Gasteiger partial charge in [0.25, 0.3) is 0 Å². The van der Waals surface area contributed by atoms with E-state index in [0.717, 1.165) is 45.0 Å². The number of hydrogen-bond acceptors (Lipinski definition) is 6. The zero-order chi connectivity index (χ0) is 21.2. The molecule has 1 aromatic carbocycles. The molecule has 30 heavy (non-hydrogen) atoms. The van der Waals surface area contributed by atoms with E-state index in [4.69, 9.17) is 20.8 Å². The SMILES string of the molecule is CC(C)(C)OC(=O)N1C2CCC1CN(c1nc(Cl)nc3cc(Br)c4ccoc4c13)C2. The number of benzene rings is 1. The van der Waals surface area contributed by atoms with Gasteiger partial charge in [-0.2, -0.15) is 4.98 Å². The van der Waals surface area contributed by atoms with E-state index in [-0.39, 0.29) is 23.5 Å². The fraction of sp³-hybridized carbons (Fsp3) is 0.476. The van der Waals surface area contributed by atoms with Crippen LogP contribution in [0.5, 0.6) is 0 Å². The maximum Gasteiger partial charge on any atom is 0.410 e. The highest BCUT2D eigenvalue weighted by atomic mass is 79.9. The smallest absolute Gasteiger partial charge is 0.410 e. The van der Waals surface area contributed by atoms with Gasteiger partial charge in [-0.25, -0.2) is 9.78 Å². The van der Waals surface area contributed by atoms with Gasteiger partial charge in [-0.05, 0) is 73.3 Å². The Morgan fingerprint density at radius 1 is 1.27 bits per heavy atom. The number of piperazine rings is 1. The lowest BCUT2D eigenvalue weighted by Gasteiger charge is -2.42. The highest BCUT2D eigenvalue weighted by Gasteiger charge is 2.45. The van der Waals surface area contributed by atoms with Crippen molar-refractivity contribution in [2.75, 3.05) is 18.0 Å². The van der Waals surface area contributed by atoms with Crippen molar-refractivity contribution in [3.8, 4) is 0 Å². The molecule has 9 heteroatoms. The third-order valence-electron chi connectivity index (χ3n) is 5.69. The zero-order valence-electron chi connectivity index (χ0n) is 17.0. The molecule has 1 amide bonds. The second-order valence-electron chi connectivity index (χ2n) is 8.91. The number of carbonyl (C=O) groups is 1. The lowest BCUT2D eigenvalue weighted by atomic mass is 10.1. The number of fused-ring (bicyclic) bond motifs is 5. The van der Waals surface area contributed by atoms with E-state index in [0.29, 0.717) is 13.1 Å². The van der Waals surface area contributed by atoms with Gasteiger partial charge in [0.2, 0.25) is 5.28 Å². The van der Waals surface area contributed by atoms with Crippen molar-refractivity contribution >= 4 is 61.3 Å². The first-order chi connectivity index (χ1) is 14.2. The van der Waals surface area contributed by atoms with Crippen LogP contribution in [0.4, 0.5) is 10.6 Å². The first kappa shape index (κ1) is 19.9. The van der Waals surface area contributed by atoms with Gasteiger partial charge in [-0.1, -0.05) is 0 Å². The van der Waals surface area contributed by atoms with Crippen LogP contribution >= 0.6 is 27.5 Å². The number of ether oxygens (including phenoxy) is 1. The number of halogens is 2. The van der Waals surface area contributed by atoms with E-state index in [9.17, 15) is 4.79 Å². The number of carbonyl (C=O) groups excluding carboxylic acids is 1. The predicted molar refractivity (Wildman–Crippen MR) is 119 cm³/mol. The number of nitrogens with zero attached hydrogens (tertiary/aromatic N) is 4. The summed E-state index contributed by atoms with van der Waals surface area (Å²) < 4.78 is 12.4. The first-order valence-electron chi connectivity index (χ1n) is 10.0. The molecule has 2 atom stereocenters. The standard InChI is InChI=1S/C21H22BrClN4O3/c1-21(2,3)30-20(28)27-11-4-5-12(27)10-26(9-11)18-16-15(24-19(23)25-18)8-14(22)13-6-7-29-17(13)16/h6-8,11-12H,4-5,9-10H2,1-3H3. The van der Waals surface area contributed by atoms with Crippen LogP contribution in [-0.4, -0.2) is 51.7 Å². The van der Waals surface area contributed by atoms with Crippen LogP contribution in [0.1, 0.15) is 33.6 Å². The van der Waals surface area contributed by atoms with Gasteiger partial charge in [0, 0.05) is 22.9 Å². The number of aromatic nitrogens is 2. The summed E-state index contributed by atoms with van der Waals surface area (Å²) in [5, 5.41) is 2.00. The molecule has 2 aliphatic heterocycles. The van der Waals surface area contributed by atoms with Gasteiger partial charge in [-0.15, -0.1) is 0 Å². The van der Waals surface area contributed by atoms with E-state index in [2.05, 4.69) is 30.8 Å².